The summed E-state index contributed by atoms with van der Waals surface area (Å²) in [6.07, 6.45) is 0.803. The molecule has 0 aliphatic heterocycles. The van der Waals surface area contributed by atoms with E-state index in [1.54, 1.807) is 0 Å². The number of nitrogens with zero attached hydrogens (tertiary/aromatic N) is 2. The largest absolute Gasteiger partial charge is 0.384 e. The van der Waals surface area contributed by atoms with Crippen LogP contribution in [0.4, 0.5) is 11.6 Å². The maximum absolute atomic E-state index is 5.78. The van der Waals surface area contributed by atoms with Crippen molar-refractivity contribution in [2.75, 3.05) is 11.1 Å². The smallest absolute Gasteiger partial charge is 0.132 e. The van der Waals surface area contributed by atoms with Crippen molar-refractivity contribution >= 4 is 11.6 Å². The van der Waals surface area contributed by atoms with E-state index in [0.29, 0.717) is 22.7 Å². The molecule has 0 atom stereocenters. The minimum atomic E-state index is 0.291. The van der Waals surface area contributed by atoms with Gasteiger partial charge < -0.3 is 11.1 Å². The Morgan fingerprint density at radius 2 is 1.82 bits per heavy atom. The third-order valence-electron chi connectivity index (χ3n) is 4.42. The maximum atomic E-state index is 5.78. The molecule has 0 bridgehead atoms. The first kappa shape index (κ1) is 12.1. The number of hydrogen-bond donors (Lipinski definition) is 2. The van der Waals surface area contributed by atoms with Crippen LogP contribution in [0.3, 0.4) is 0 Å². The lowest BCUT2D eigenvalue weighted by Gasteiger charge is -2.09. The van der Waals surface area contributed by atoms with Gasteiger partial charge in [-0.3, -0.25) is 0 Å². The lowest BCUT2D eigenvalue weighted by Crippen LogP contribution is -2.13. The number of aromatic nitrogens is 2. The molecular weight excluding hydrogens is 212 g/mol. The average Bonchev–Trinajstić information content (AvgIpc) is 2.60. The van der Waals surface area contributed by atoms with Crippen LogP contribution < -0.4 is 11.1 Å². The van der Waals surface area contributed by atoms with Crippen LogP contribution >= 0.6 is 0 Å². The van der Waals surface area contributed by atoms with Crippen LogP contribution in [0.15, 0.2) is 6.07 Å². The number of aryl methyl sites for hydroxylation is 1. The van der Waals surface area contributed by atoms with Gasteiger partial charge in [-0.25, -0.2) is 9.97 Å². The standard InChI is InChI=1S/C13H22N4/c1-6-9-15-8(14)7-10(16-9)17-11-12(2,3)13(11,4)5/h7,11H,6H2,1-5H3,(H3,14,15,16,17). The first-order valence-electron chi connectivity index (χ1n) is 6.19. The van der Waals surface area contributed by atoms with Gasteiger partial charge >= 0.3 is 0 Å². The highest BCUT2D eigenvalue weighted by Crippen LogP contribution is 2.63. The Kier molecular flexibility index (Phi) is 2.56. The van der Waals surface area contributed by atoms with Crippen molar-refractivity contribution in [2.24, 2.45) is 10.8 Å². The Hall–Kier alpha value is -1.32. The monoisotopic (exact) mass is 234 g/mol. The second-order valence-corrected chi connectivity index (χ2v) is 5.97. The summed E-state index contributed by atoms with van der Waals surface area (Å²) in [5, 5.41) is 3.48. The van der Waals surface area contributed by atoms with Gasteiger partial charge in [0.2, 0.25) is 0 Å². The fourth-order valence-corrected chi connectivity index (χ4v) is 2.45. The van der Waals surface area contributed by atoms with Crippen LogP contribution in [0.1, 0.15) is 40.4 Å². The minimum Gasteiger partial charge on any atom is -0.384 e. The highest BCUT2D eigenvalue weighted by atomic mass is 15.1. The molecular formula is C13H22N4. The van der Waals surface area contributed by atoms with E-state index in [1.807, 2.05) is 13.0 Å². The van der Waals surface area contributed by atoms with E-state index in [1.165, 1.54) is 0 Å². The fraction of sp³-hybridized carbons (Fsp3) is 0.692. The van der Waals surface area contributed by atoms with Gasteiger partial charge in [0.05, 0.1) is 0 Å². The topological polar surface area (TPSA) is 63.8 Å². The molecule has 2 rings (SSSR count). The lowest BCUT2D eigenvalue weighted by molar-refractivity contribution is 0.457. The van der Waals surface area contributed by atoms with Crippen LogP contribution in [0, 0.1) is 10.8 Å². The number of nitrogen functional groups attached to an aromatic ring is 1. The van der Waals surface area contributed by atoms with E-state index in [0.717, 1.165) is 18.1 Å². The molecule has 4 nitrogen and oxygen atoms in total. The zero-order chi connectivity index (χ0) is 12.8. The molecule has 1 aromatic heterocycles. The van der Waals surface area contributed by atoms with Crippen LogP contribution in [0.2, 0.25) is 0 Å². The molecule has 0 saturated heterocycles. The highest BCUT2D eigenvalue weighted by Gasteiger charge is 2.65. The summed E-state index contributed by atoms with van der Waals surface area (Å²) in [4.78, 5) is 8.64. The molecule has 0 spiro atoms. The number of nitrogens with two attached hydrogens (primary N) is 1. The zero-order valence-corrected chi connectivity index (χ0v) is 11.3. The molecule has 1 aromatic rings. The molecule has 0 radical (unpaired) electrons. The predicted octanol–water partition coefficient (Wildman–Crippen LogP) is 2.47. The number of rotatable bonds is 3. The first-order chi connectivity index (χ1) is 7.79. The van der Waals surface area contributed by atoms with Gasteiger partial charge in [0.15, 0.2) is 0 Å². The second-order valence-electron chi connectivity index (χ2n) is 5.97. The van der Waals surface area contributed by atoms with Crippen LogP contribution in [0.5, 0.6) is 0 Å². The molecule has 1 saturated carbocycles. The number of hydrogen-bond acceptors (Lipinski definition) is 4. The van der Waals surface area contributed by atoms with Crippen molar-refractivity contribution in [1.82, 2.24) is 9.97 Å². The van der Waals surface area contributed by atoms with Gasteiger partial charge in [-0.2, -0.15) is 0 Å². The van der Waals surface area contributed by atoms with Crippen molar-refractivity contribution in [3.8, 4) is 0 Å². The van der Waals surface area contributed by atoms with Gasteiger partial charge in [-0.05, 0) is 10.8 Å². The Bertz CT molecular complexity index is 423. The summed E-state index contributed by atoms with van der Waals surface area (Å²) in [6.45, 7) is 11.1. The number of anilines is 2. The zero-order valence-electron chi connectivity index (χ0n) is 11.3. The predicted molar refractivity (Wildman–Crippen MR) is 70.8 cm³/mol. The normalized spacial score (nSPS) is 21.2. The average molecular weight is 234 g/mol. The van der Waals surface area contributed by atoms with Gasteiger partial charge in [-0.1, -0.05) is 34.6 Å². The lowest BCUT2D eigenvalue weighted by atomic mass is 10.0. The van der Waals surface area contributed by atoms with Crippen LogP contribution in [0.25, 0.3) is 0 Å². The first-order valence-corrected chi connectivity index (χ1v) is 6.19. The molecule has 17 heavy (non-hydrogen) atoms. The summed E-state index contributed by atoms with van der Waals surface area (Å²) < 4.78 is 0. The van der Waals surface area contributed by atoms with Crippen molar-refractivity contribution in [3.63, 3.8) is 0 Å². The third-order valence-corrected chi connectivity index (χ3v) is 4.42. The van der Waals surface area contributed by atoms with Gasteiger partial charge in [0.1, 0.15) is 17.5 Å². The van der Waals surface area contributed by atoms with E-state index < -0.39 is 0 Å². The molecule has 0 aromatic carbocycles. The summed E-state index contributed by atoms with van der Waals surface area (Å²) in [6, 6.07) is 2.25. The Morgan fingerprint density at radius 3 is 2.29 bits per heavy atom. The minimum absolute atomic E-state index is 0.291. The molecule has 94 valence electrons. The summed E-state index contributed by atoms with van der Waals surface area (Å²) in [7, 11) is 0. The maximum Gasteiger partial charge on any atom is 0.132 e. The molecule has 1 heterocycles. The molecule has 1 aliphatic carbocycles. The van der Waals surface area contributed by atoms with E-state index in [9.17, 15) is 0 Å². The Balaban J connectivity index is 2.18. The van der Waals surface area contributed by atoms with E-state index in [2.05, 4.69) is 43.0 Å². The molecule has 4 heteroatoms. The van der Waals surface area contributed by atoms with Crippen molar-refractivity contribution < 1.29 is 0 Å². The number of nitrogens with one attached hydrogen (secondary N) is 1. The summed E-state index contributed by atoms with van der Waals surface area (Å²) in [5.74, 6) is 2.18. The Labute approximate surface area is 103 Å². The van der Waals surface area contributed by atoms with Gasteiger partial charge in [0, 0.05) is 18.5 Å². The summed E-state index contributed by atoms with van der Waals surface area (Å²) >= 11 is 0. The molecule has 0 amide bonds. The quantitative estimate of drug-likeness (QED) is 0.843. The highest BCUT2D eigenvalue weighted by molar-refractivity contribution is 5.48. The van der Waals surface area contributed by atoms with Crippen molar-refractivity contribution in [3.05, 3.63) is 11.9 Å². The van der Waals surface area contributed by atoms with E-state index >= 15 is 0 Å². The molecule has 3 N–H and O–H groups in total. The summed E-state index contributed by atoms with van der Waals surface area (Å²) in [5.41, 5.74) is 6.36. The third kappa shape index (κ3) is 1.85. The Morgan fingerprint density at radius 1 is 1.24 bits per heavy atom. The molecule has 0 unspecified atom stereocenters. The van der Waals surface area contributed by atoms with Crippen molar-refractivity contribution in [2.45, 2.75) is 47.1 Å². The van der Waals surface area contributed by atoms with Gasteiger partial charge in [-0.15, -0.1) is 0 Å². The van der Waals surface area contributed by atoms with E-state index in [-0.39, 0.29) is 0 Å². The van der Waals surface area contributed by atoms with Crippen LogP contribution in [-0.4, -0.2) is 16.0 Å². The van der Waals surface area contributed by atoms with Crippen molar-refractivity contribution in [1.29, 1.82) is 0 Å². The molecule has 1 aliphatic rings. The SMILES string of the molecule is CCc1nc(N)cc(NC2C(C)(C)C2(C)C)n1. The van der Waals surface area contributed by atoms with Crippen LogP contribution in [-0.2, 0) is 6.42 Å². The second kappa shape index (κ2) is 3.59. The molecule has 1 fully saturated rings. The fourth-order valence-electron chi connectivity index (χ4n) is 2.45. The van der Waals surface area contributed by atoms with Gasteiger partial charge in [0.25, 0.3) is 0 Å². The van der Waals surface area contributed by atoms with E-state index in [4.69, 9.17) is 5.73 Å².